The summed E-state index contributed by atoms with van der Waals surface area (Å²) >= 11 is 0.910. The van der Waals surface area contributed by atoms with E-state index in [1.807, 2.05) is 0 Å². The maximum atomic E-state index is 8.15. The van der Waals surface area contributed by atoms with Crippen molar-refractivity contribution in [1.82, 2.24) is 0 Å². The Kier molecular flexibility index (Phi) is 3.68. The lowest BCUT2D eigenvalue weighted by Gasteiger charge is -1.94. The first-order chi connectivity index (χ1) is 2.77. The molecule has 0 fully saturated rings. The summed E-state index contributed by atoms with van der Waals surface area (Å²) in [5.41, 5.74) is 0. The zero-order valence-electron chi connectivity index (χ0n) is 4.14. The van der Waals surface area contributed by atoms with Crippen molar-refractivity contribution in [2.24, 2.45) is 5.92 Å². The lowest BCUT2D eigenvalue weighted by atomic mass is 10.3. The predicted molar refractivity (Wildman–Crippen MR) is 29.9 cm³/mol. The van der Waals surface area contributed by atoms with Crippen LogP contribution in [0.1, 0.15) is 13.8 Å². The van der Waals surface area contributed by atoms with E-state index in [9.17, 15) is 0 Å². The second-order valence-electron chi connectivity index (χ2n) is 1.69. The highest BCUT2D eigenvalue weighted by Crippen LogP contribution is 2.00. The van der Waals surface area contributed by atoms with Crippen LogP contribution in [0.5, 0.6) is 0 Å². The maximum Gasteiger partial charge on any atom is 0.0218 e. The highest BCUT2D eigenvalue weighted by molar-refractivity contribution is 7.93. The van der Waals surface area contributed by atoms with Crippen LogP contribution in [0.4, 0.5) is 0 Å². The summed E-state index contributed by atoms with van der Waals surface area (Å²) in [7, 11) is 0. The minimum Gasteiger partial charge on any atom is -0.330 e. The second-order valence-corrected chi connectivity index (χ2v) is 2.28. The van der Waals surface area contributed by atoms with Gasteiger partial charge in [0.05, 0.1) is 0 Å². The van der Waals surface area contributed by atoms with Crippen LogP contribution in [-0.4, -0.2) is 10.3 Å². The summed E-state index contributed by atoms with van der Waals surface area (Å²) < 4.78 is 8.15. The Balaban J connectivity index is 2.63. The average molecular weight is 106 g/mol. The fourth-order valence-electron chi connectivity index (χ4n) is 0.149. The standard InChI is InChI=1S/C4H10OS/c1-4(2)3-6-5/h4-5H,3H2,1-2H3. The Labute approximate surface area is 43.0 Å². The molecule has 1 nitrogen and oxygen atoms in total. The lowest BCUT2D eigenvalue weighted by Crippen LogP contribution is -1.87. The van der Waals surface area contributed by atoms with E-state index in [0.29, 0.717) is 5.92 Å². The summed E-state index contributed by atoms with van der Waals surface area (Å²) in [6, 6.07) is 0. The Morgan fingerprint density at radius 1 is 1.67 bits per heavy atom. The fourth-order valence-corrected chi connectivity index (χ4v) is 0.447. The summed E-state index contributed by atoms with van der Waals surface area (Å²) in [5, 5.41) is 0. The highest BCUT2D eigenvalue weighted by atomic mass is 32.2. The molecule has 0 saturated carbocycles. The first-order valence-electron chi connectivity index (χ1n) is 2.03. The van der Waals surface area contributed by atoms with E-state index in [2.05, 4.69) is 13.8 Å². The van der Waals surface area contributed by atoms with Gasteiger partial charge < -0.3 is 4.55 Å². The van der Waals surface area contributed by atoms with Crippen molar-refractivity contribution in [3.8, 4) is 0 Å². The molecule has 0 amide bonds. The van der Waals surface area contributed by atoms with Crippen molar-refractivity contribution < 1.29 is 4.55 Å². The Bertz CT molecular complexity index is 28.7. The van der Waals surface area contributed by atoms with Crippen molar-refractivity contribution in [3.05, 3.63) is 0 Å². The van der Waals surface area contributed by atoms with E-state index >= 15 is 0 Å². The number of hydrogen-bond donors (Lipinski definition) is 1. The number of hydrogen-bond acceptors (Lipinski definition) is 2. The first-order valence-corrected chi connectivity index (χ1v) is 2.98. The van der Waals surface area contributed by atoms with Gasteiger partial charge in [-0.3, -0.25) is 0 Å². The third-order valence-electron chi connectivity index (χ3n) is 0.408. The van der Waals surface area contributed by atoms with E-state index in [-0.39, 0.29) is 0 Å². The molecule has 1 N–H and O–H groups in total. The van der Waals surface area contributed by atoms with Crippen molar-refractivity contribution in [3.63, 3.8) is 0 Å². The van der Waals surface area contributed by atoms with Gasteiger partial charge in [-0.25, -0.2) is 0 Å². The molecule has 0 aromatic heterocycles. The summed E-state index contributed by atoms with van der Waals surface area (Å²) in [6.07, 6.45) is 0. The summed E-state index contributed by atoms with van der Waals surface area (Å²) in [4.78, 5) is 0. The molecular weight excluding hydrogens is 96.1 g/mol. The smallest absolute Gasteiger partial charge is 0.0218 e. The van der Waals surface area contributed by atoms with Crippen molar-refractivity contribution in [1.29, 1.82) is 0 Å². The van der Waals surface area contributed by atoms with E-state index in [4.69, 9.17) is 4.55 Å². The van der Waals surface area contributed by atoms with E-state index in [0.717, 1.165) is 17.8 Å². The van der Waals surface area contributed by atoms with E-state index in [1.165, 1.54) is 0 Å². The normalized spacial score (nSPS) is 10.0. The molecule has 0 rings (SSSR count). The molecule has 0 heterocycles. The molecule has 0 aliphatic carbocycles. The molecule has 2 heteroatoms. The van der Waals surface area contributed by atoms with Gasteiger partial charge in [0.15, 0.2) is 0 Å². The topological polar surface area (TPSA) is 20.2 Å². The zero-order valence-corrected chi connectivity index (χ0v) is 4.96. The van der Waals surface area contributed by atoms with Gasteiger partial charge in [0.25, 0.3) is 0 Å². The van der Waals surface area contributed by atoms with Crippen molar-refractivity contribution in [2.75, 3.05) is 5.75 Å². The Morgan fingerprint density at radius 2 is 2.17 bits per heavy atom. The molecule has 0 atom stereocenters. The van der Waals surface area contributed by atoms with Crippen LogP contribution in [-0.2, 0) is 0 Å². The SMILES string of the molecule is CC(C)CSO. The fraction of sp³-hybridized carbons (Fsp3) is 1.00. The van der Waals surface area contributed by atoms with Gasteiger partial charge in [0.1, 0.15) is 0 Å². The van der Waals surface area contributed by atoms with Gasteiger partial charge >= 0.3 is 0 Å². The molecule has 0 aliphatic rings. The maximum absolute atomic E-state index is 8.15. The third-order valence-corrected chi connectivity index (χ3v) is 1.22. The largest absolute Gasteiger partial charge is 0.330 e. The van der Waals surface area contributed by atoms with Crippen LogP contribution in [0.15, 0.2) is 0 Å². The van der Waals surface area contributed by atoms with E-state index < -0.39 is 0 Å². The summed E-state index contributed by atoms with van der Waals surface area (Å²) in [5.74, 6) is 1.46. The van der Waals surface area contributed by atoms with Gasteiger partial charge in [0, 0.05) is 5.75 Å². The molecule has 0 aromatic carbocycles. The molecule has 0 bridgehead atoms. The van der Waals surface area contributed by atoms with Crippen molar-refractivity contribution >= 4 is 12.0 Å². The molecule has 0 saturated heterocycles. The van der Waals surface area contributed by atoms with Crippen molar-refractivity contribution in [2.45, 2.75) is 13.8 Å². The lowest BCUT2D eigenvalue weighted by molar-refractivity contribution is 0.644. The van der Waals surface area contributed by atoms with Gasteiger partial charge in [-0.2, -0.15) is 0 Å². The quantitative estimate of drug-likeness (QED) is 0.542. The van der Waals surface area contributed by atoms with Gasteiger partial charge in [0.2, 0.25) is 0 Å². The molecule has 0 unspecified atom stereocenters. The predicted octanol–water partition coefficient (Wildman–Crippen LogP) is 1.85. The Morgan fingerprint density at radius 3 is 2.17 bits per heavy atom. The zero-order chi connectivity index (χ0) is 4.99. The monoisotopic (exact) mass is 106 g/mol. The molecular formula is C4H10OS. The van der Waals surface area contributed by atoms with Crippen LogP contribution >= 0.6 is 12.0 Å². The minimum atomic E-state index is 0.611. The highest BCUT2D eigenvalue weighted by Gasteiger charge is 1.87. The Hall–Kier alpha value is 0.310. The number of rotatable bonds is 2. The van der Waals surface area contributed by atoms with Crippen LogP contribution in [0.3, 0.4) is 0 Å². The molecule has 38 valence electrons. The average Bonchev–Trinajstić information content (AvgIpc) is 1.35. The summed E-state index contributed by atoms with van der Waals surface area (Å²) in [6.45, 7) is 4.15. The molecule has 0 aliphatic heterocycles. The molecule has 0 spiro atoms. The van der Waals surface area contributed by atoms with Gasteiger partial charge in [-0.1, -0.05) is 13.8 Å². The third kappa shape index (κ3) is 4.31. The minimum absolute atomic E-state index is 0.611. The van der Waals surface area contributed by atoms with Crippen LogP contribution in [0.2, 0.25) is 0 Å². The second kappa shape index (κ2) is 3.50. The van der Waals surface area contributed by atoms with Gasteiger partial charge in [-0.05, 0) is 18.0 Å². The molecule has 0 aromatic rings. The molecule has 0 radical (unpaired) electrons. The molecule has 6 heavy (non-hydrogen) atoms. The van der Waals surface area contributed by atoms with Crippen LogP contribution in [0, 0.1) is 5.92 Å². The van der Waals surface area contributed by atoms with Crippen LogP contribution in [0.25, 0.3) is 0 Å². The van der Waals surface area contributed by atoms with Crippen LogP contribution < -0.4 is 0 Å². The van der Waals surface area contributed by atoms with Gasteiger partial charge in [-0.15, -0.1) is 0 Å². The van der Waals surface area contributed by atoms with E-state index in [1.54, 1.807) is 0 Å². The first kappa shape index (κ1) is 6.31.